The molecule has 0 spiro atoms. The van der Waals surface area contributed by atoms with Gasteiger partial charge in [0.1, 0.15) is 0 Å². The lowest BCUT2D eigenvalue weighted by Gasteiger charge is -2.21. The second kappa shape index (κ2) is 9.22. The highest BCUT2D eigenvalue weighted by atomic mass is 16.1. The van der Waals surface area contributed by atoms with Crippen molar-refractivity contribution in [3.63, 3.8) is 0 Å². The average molecular weight is 288 g/mol. The summed E-state index contributed by atoms with van der Waals surface area (Å²) in [6.45, 7) is 10.8. The summed E-state index contributed by atoms with van der Waals surface area (Å²) in [5, 5.41) is 6.33. The van der Waals surface area contributed by atoms with Crippen molar-refractivity contribution in [2.75, 3.05) is 11.9 Å². The van der Waals surface area contributed by atoms with Crippen molar-refractivity contribution >= 4 is 11.6 Å². The highest BCUT2D eigenvalue weighted by molar-refractivity contribution is 5.94. The molecule has 3 heteroatoms. The summed E-state index contributed by atoms with van der Waals surface area (Å²) in [7, 11) is 0. The number of amides is 1. The predicted molar refractivity (Wildman–Crippen MR) is 90.7 cm³/mol. The summed E-state index contributed by atoms with van der Waals surface area (Å²) in [5.41, 5.74) is 1.75. The highest BCUT2D eigenvalue weighted by Crippen LogP contribution is 2.18. The monoisotopic (exact) mass is 288 g/mol. The van der Waals surface area contributed by atoms with Gasteiger partial charge in [-0.2, -0.15) is 0 Å². The molecule has 2 atom stereocenters. The van der Waals surface area contributed by atoms with E-state index in [1.54, 1.807) is 6.08 Å². The number of hydrogen-bond donors (Lipinski definition) is 2. The van der Waals surface area contributed by atoms with Gasteiger partial charge in [0.05, 0.1) is 0 Å². The van der Waals surface area contributed by atoms with Crippen LogP contribution in [0.5, 0.6) is 0 Å². The average Bonchev–Trinajstić information content (AvgIpc) is 2.52. The molecule has 1 aromatic rings. The molecule has 0 heterocycles. The lowest BCUT2D eigenvalue weighted by Crippen LogP contribution is -2.23. The first kappa shape index (κ1) is 17.3. The summed E-state index contributed by atoms with van der Waals surface area (Å²) in [5.74, 6) is 0.666. The molecule has 1 aromatic carbocycles. The van der Waals surface area contributed by atoms with E-state index in [2.05, 4.69) is 38.0 Å². The van der Waals surface area contributed by atoms with Gasteiger partial charge in [0, 0.05) is 23.8 Å². The van der Waals surface area contributed by atoms with Crippen molar-refractivity contribution < 1.29 is 4.79 Å². The second-order valence-corrected chi connectivity index (χ2v) is 5.57. The third-order valence-corrected chi connectivity index (χ3v) is 3.80. The van der Waals surface area contributed by atoms with Crippen LogP contribution in [-0.2, 0) is 0 Å². The van der Waals surface area contributed by atoms with Crippen LogP contribution in [0.15, 0.2) is 36.9 Å². The molecule has 0 aliphatic carbocycles. The Bertz CT molecular complexity index is 439. The van der Waals surface area contributed by atoms with E-state index in [9.17, 15) is 4.79 Å². The zero-order valence-electron chi connectivity index (χ0n) is 13.5. The van der Waals surface area contributed by atoms with Crippen LogP contribution in [0.1, 0.15) is 50.4 Å². The molecule has 2 unspecified atom stereocenters. The molecule has 116 valence electrons. The zero-order chi connectivity index (χ0) is 15.7. The van der Waals surface area contributed by atoms with E-state index in [0.29, 0.717) is 18.2 Å². The van der Waals surface area contributed by atoms with Gasteiger partial charge in [0.25, 0.3) is 5.91 Å². The number of anilines is 1. The fourth-order valence-electron chi connectivity index (χ4n) is 2.20. The molecule has 0 aliphatic rings. The van der Waals surface area contributed by atoms with Gasteiger partial charge < -0.3 is 10.6 Å². The Labute approximate surface area is 128 Å². The minimum absolute atomic E-state index is 0.0619. The molecule has 0 radical (unpaired) electrons. The van der Waals surface area contributed by atoms with Crippen LogP contribution < -0.4 is 10.6 Å². The van der Waals surface area contributed by atoms with Crippen LogP contribution >= 0.6 is 0 Å². The quantitative estimate of drug-likeness (QED) is 0.668. The van der Waals surface area contributed by atoms with Gasteiger partial charge in [0.2, 0.25) is 0 Å². The van der Waals surface area contributed by atoms with Crippen LogP contribution in [0.2, 0.25) is 0 Å². The van der Waals surface area contributed by atoms with Gasteiger partial charge in [-0.05, 0) is 43.0 Å². The highest BCUT2D eigenvalue weighted by Gasteiger charge is 2.10. The summed E-state index contributed by atoms with van der Waals surface area (Å²) < 4.78 is 0. The van der Waals surface area contributed by atoms with Gasteiger partial charge in [-0.1, -0.05) is 33.3 Å². The topological polar surface area (TPSA) is 41.1 Å². The normalized spacial score (nSPS) is 13.3. The third kappa shape index (κ3) is 6.03. The first-order valence-electron chi connectivity index (χ1n) is 7.86. The second-order valence-electron chi connectivity index (χ2n) is 5.57. The lowest BCUT2D eigenvalue weighted by molar-refractivity contribution is 0.0958. The minimum Gasteiger partial charge on any atom is -0.382 e. The first-order chi connectivity index (χ1) is 10.1. The molecule has 0 bridgehead atoms. The zero-order valence-corrected chi connectivity index (χ0v) is 13.5. The number of carbonyl (C=O) groups excluding carboxylic acids is 1. The van der Waals surface area contributed by atoms with Crippen molar-refractivity contribution in [2.45, 2.75) is 46.1 Å². The van der Waals surface area contributed by atoms with E-state index < -0.39 is 0 Å². The van der Waals surface area contributed by atoms with Crippen LogP contribution in [0, 0.1) is 5.92 Å². The molecule has 0 saturated heterocycles. The number of benzene rings is 1. The molecule has 0 aliphatic heterocycles. The molecule has 1 rings (SSSR count). The van der Waals surface area contributed by atoms with E-state index in [0.717, 1.165) is 18.0 Å². The van der Waals surface area contributed by atoms with E-state index in [-0.39, 0.29) is 5.91 Å². The van der Waals surface area contributed by atoms with Crippen LogP contribution in [0.25, 0.3) is 0 Å². The van der Waals surface area contributed by atoms with Gasteiger partial charge in [-0.3, -0.25) is 4.79 Å². The molecule has 0 saturated carbocycles. The van der Waals surface area contributed by atoms with E-state index in [4.69, 9.17) is 0 Å². The van der Waals surface area contributed by atoms with Gasteiger partial charge in [-0.25, -0.2) is 0 Å². The molecular formula is C18H28N2O. The van der Waals surface area contributed by atoms with Gasteiger partial charge in [-0.15, -0.1) is 6.58 Å². The Morgan fingerprint density at radius 2 is 1.90 bits per heavy atom. The maximum atomic E-state index is 11.8. The summed E-state index contributed by atoms with van der Waals surface area (Å²) >= 11 is 0. The van der Waals surface area contributed by atoms with E-state index >= 15 is 0 Å². The Hall–Kier alpha value is -1.77. The SMILES string of the molecule is C=CCNC(=O)c1ccc(NC(CC)CC(C)CC)cc1. The Balaban J connectivity index is 2.60. The molecule has 0 fully saturated rings. The minimum atomic E-state index is -0.0619. The number of carbonyl (C=O) groups is 1. The summed E-state index contributed by atoms with van der Waals surface area (Å²) in [4.78, 5) is 11.8. The van der Waals surface area contributed by atoms with Crippen molar-refractivity contribution in [2.24, 2.45) is 5.92 Å². The maximum Gasteiger partial charge on any atom is 0.251 e. The molecule has 1 amide bonds. The van der Waals surface area contributed by atoms with Crippen molar-refractivity contribution in [1.82, 2.24) is 5.32 Å². The van der Waals surface area contributed by atoms with Crippen molar-refractivity contribution in [3.05, 3.63) is 42.5 Å². The van der Waals surface area contributed by atoms with Crippen LogP contribution in [-0.4, -0.2) is 18.5 Å². The number of rotatable bonds is 9. The standard InChI is InChI=1S/C18H28N2O/c1-5-12-19-18(21)15-8-10-17(11-9-15)20-16(7-3)13-14(4)6-2/h5,8-11,14,16,20H,1,6-7,12-13H2,2-4H3,(H,19,21). The molecule has 3 nitrogen and oxygen atoms in total. The molecule has 21 heavy (non-hydrogen) atoms. The van der Waals surface area contributed by atoms with Crippen LogP contribution in [0.3, 0.4) is 0 Å². The lowest BCUT2D eigenvalue weighted by atomic mass is 9.97. The summed E-state index contributed by atoms with van der Waals surface area (Å²) in [6, 6.07) is 8.15. The largest absolute Gasteiger partial charge is 0.382 e. The molecular weight excluding hydrogens is 260 g/mol. The van der Waals surface area contributed by atoms with E-state index in [1.807, 2.05) is 24.3 Å². The van der Waals surface area contributed by atoms with E-state index in [1.165, 1.54) is 12.8 Å². The predicted octanol–water partition coefficient (Wildman–Crippen LogP) is 4.23. The summed E-state index contributed by atoms with van der Waals surface area (Å²) in [6.07, 6.45) is 5.16. The van der Waals surface area contributed by atoms with Crippen LogP contribution in [0.4, 0.5) is 5.69 Å². The number of nitrogens with one attached hydrogen (secondary N) is 2. The smallest absolute Gasteiger partial charge is 0.251 e. The van der Waals surface area contributed by atoms with Crippen molar-refractivity contribution in [3.8, 4) is 0 Å². The van der Waals surface area contributed by atoms with Gasteiger partial charge >= 0.3 is 0 Å². The fraction of sp³-hybridized carbons (Fsp3) is 0.500. The van der Waals surface area contributed by atoms with Gasteiger partial charge in [0.15, 0.2) is 0 Å². The Morgan fingerprint density at radius 1 is 1.24 bits per heavy atom. The number of hydrogen-bond acceptors (Lipinski definition) is 2. The molecule has 0 aromatic heterocycles. The maximum absolute atomic E-state index is 11.8. The van der Waals surface area contributed by atoms with Crippen molar-refractivity contribution in [1.29, 1.82) is 0 Å². The fourth-order valence-corrected chi connectivity index (χ4v) is 2.20. The first-order valence-corrected chi connectivity index (χ1v) is 7.86. The molecule has 2 N–H and O–H groups in total. The third-order valence-electron chi connectivity index (χ3n) is 3.80. The Morgan fingerprint density at radius 3 is 2.43 bits per heavy atom. The Kier molecular flexibility index (Phi) is 7.59.